The van der Waals surface area contributed by atoms with Crippen LogP contribution in [0.25, 0.3) is 5.65 Å². The Labute approximate surface area is 180 Å². The maximum Gasteiger partial charge on any atom is 0.317 e. The van der Waals surface area contributed by atoms with E-state index in [0.717, 1.165) is 5.65 Å². The van der Waals surface area contributed by atoms with Gasteiger partial charge in [0.15, 0.2) is 17.3 Å². The number of phenolic OH excluding ortho intramolecular Hbond substituents is 1. The molecule has 1 saturated heterocycles. The summed E-state index contributed by atoms with van der Waals surface area (Å²) < 4.78 is 1.90. The standard InChI is InChI=1S/C23H27N5O3/c1-15(2)20(22-26-25-19-5-3-4-12-28(19)22)24-23(31)27-13-10-17(11-14-27)21(30)16-6-8-18(29)9-7-16/h3-9,12,15,17,20,29H,10-11,13-14H2,1-2H3,(H,24,31). The molecule has 1 atom stereocenters. The fraction of sp³-hybridized carbons (Fsp3) is 0.391. The Balaban J connectivity index is 1.39. The Kier molecular flexibility index (Phi) is 5.88. The van der Waals surface area contributed by atoms with Crippen molar-refractivity contribution in [1.29, 1.82) is 0 Å². The molecule has 31 heavy (non-hydrogen) atoms. The first-order valence-corrected chi connectivity index (χ1v) is 10.6. The zero-order valence-corrected chi connectivity index (χ0v) is 17.7. The van der Waals surface area contributed by atoms with Gasteiger partial charge in [0.25, 0.3) is 0 Å². The lowest BCUT2D eigenvalue weighted by atomic mass is 9.89. The molecule has 0 radical (unpaired) electrons. The number of carbonyl (C=O) groups is 2. The highest BCUT2D eigenvalue weighted by atomic mass is 16.3. The summed E-state index contributed by atoms with van der Waals surface area (Å²) in [5, 5.41) is 21.0. The van der Waals surface area contributed by atoms with Gasteiger partial charge in [-0.1, -0.05) is 19.9 Å². The maximum absolute atomic E-state index is 13.0. The van der Waals surface area contributed by atoms with Crippen LogP contribution in [0.5, 0.6) is 5.75 Å². The van der Waals surface area contributed by atoms with E-state index in [9.17, 15) is 14.7 Å². The molecule has 0 bridgehead atoms. The third kappa shape index (κ3) is 4.38. The van der Waals surface area contributed by atoms with Gasteiger partial charge in [0, 0.05) is 30.8 Å². The van der Waals surface area contributed by atoms with Crippen molar-refractivity contribution in [2.45, 2.75) is 32.7 Å². The zero-order valence-electron chi connectivity index (χ0n) is 17.7. The normalized spacial score (nSPS) is 15.9. The molecular formula is C23H27N5O3. The third-order valence-corrected chi connectivity index (χ3v) is 5.87. The van der Waals surface area contributed by atoms with Crippen molar-refractivity contribution in [3.63, 3.8) is 0 Å². The summed E-state index contributed by atoms with van der Waals surface area (Å²) in [5.74, 6) is 0.926. The van der Waals surface area contributed by atoms with Crippen molar-refractivity contribution in [2.24, 2.45) is 11.8 Å². The van der Waals surface area contributed by atoms with Crippen LogP contribution in [0.3, 0.4) is 0 Å². The van der Waals surface area contributed by atoms with E-state index in [1.165, 1.54) is 12.1 Å². The molecular weight excluding hydrogens is 394 g/mol. The molecule has 0 saturated carbocycles. The first-order chi connectivity index (χ1) is 14.9. The molecule has 0 aliphatic carbocycles. The molecule has 2 aromatic heterocycles. The third-order valence-electron chi connectivity index (χ3n) is 5.87. The molecule has 4 rings (SSSR count). The van der Waals surface area contributed by atoms with Gasteiger partial charge in [0.2, 0.25) is 0 Å². The van der Waals surface area contributed by atoms with Crippen LogP contribution in [-0.2, 0) is 0 Å². The second kappa shape index (κ2) is 8.75. The fourth-order valence-electron chi connectivity index (χ4n) is 4.03. The van der Waals surface area contributed by atoms with Crippen molar-refractivity contribution in [2.75, 3.05) is 13.1 Å². The number of hydrogen-bond acceptors (Lipinski definition) is 5. The van der Waals surface area contributed by atoms with E-state index in [1.54, 1.807) is 17.0 Å². The van der Waals surface area contributed by atoms with Gasteiger partial charge in [-0.05, 0) is 55.2 Å². The van der Waals surface area contributed by atoms with Crippen molar-refractivity contribution in [3.05, 3.63) is 60.0 Å². The highest BCUT2D eigenvalue weighted by Crippen LogP contribution is 2.25. The summed E-state index contributed by atoms with van der Waals surface area (Å²) in [6.45, 7) is 5.12. The largest absolute Gasteiger partial charge is 0.508 e. The minimum Gasteiger partial charge on any atom is -0.508 e. The number of urea groups is 1. The lowest BCUT2D eigenvalue weighted by molar-refractivity contribution is 0.0852. The van der Waals surface area contributed by atoms with Gasteiger partial charge in [-0.3, -0.25) is 9.20 Å². The van der Waals surface area contributed by atoms with E-state index in [2.05, 4.69) is 15.5 Å². The lowest BCUT2D eigenvalue weighted by Crippen LogP contribution is -2.47. The van der Waals surface area contributed by atoms with Crippen LogP contribution in [0, 0.1) is 11.8 Å². The number of pyridine rings is 1. The molecule has 8 nitrogen and oxygen atoms in total. The van der Waals surface area contributed by atoms with E-state index >= 15 is 0 Å². The highest BCUT2D eigenvalue weighted by molar-refractivity contribution is 5.98. The maximum atomic E-state index is 13.0. The van der Waals surface area contributed by atoms with Gasteiger partial charge < -0.3 is 15.3 Å². The van der Waals surface area contributed by atoms with Gasteiger partial charge in [-0.25, -0.2) is 4.79 Å². The number of nitrogens with one attached hydrogen (secondary N) is 1. The zero-order chi connectivity index (χ0) is 22.0. The fourth-order valence-corrected chi connectivity index (χ4v) is 4.03. The van der Waals surface area contributed by atoms with Crippen LogP contribution in [0.2, 0.25) is 0 Å². The number of likely N-dealkylation sites (tertiary alicyclic amines) is 1. The van der Waals surface area contributed by atoms with Crippen LogP contribution in [0.1, 0.15) is 48.9 Å². The average Bonchev–Trinajstić information content (AvgIpc) is 3.21. The SMILES string of the molecule is CC(C)C(NC(=O)N1CCC(C(=O)c2ccc(O)cc2)CC1)c1nnc2ccccn12. The predicted octanol–water partition coefficient (Wildman–Crippen LogP) is 3.44. The Morgan fingerprint density at radius 1 is 1.06 bits per heavy atom. The predicted molar refractivity (Wildman–Crippen MR) is 116 cm³/mol. The minimum atomic E-state index is -0.277. The Hall–Kier alpha value is -3.42. The number of piperidine rings is 1. The van der Waals surface area contributed by atoms with Crippen molar-refractivity contribution in [1.82, 2.24) is 24.8 Å². The van der Waals surface area contributed by atoms with Gasteiger partial charge in [0.1, 0.15) is 5.75 Å². The van der Waals surface area contributed by atoms with Gasteiger partial charge >= 0.3 is 6.03 Å². The van der Waals surface area contributed by atoms with E-state index in [-0.39, 0.29) is 35.4 Å². The summed E-state index contributed by atoms with van der Waals surface area (Å²) >= 11 is 0. The number of aromatic nitrogens is 3. The smallest absolute Gasteiger partial charge is 0.317 e. The summed E-state index contributed by atoms with van der Waals surface area (Å²) in [4.78, 5) is 27.5. The molecule has 1 fully saturated rings. The number of rotatable bonds is 5. The molecule has 1 unspecified atom stereocenters. The summed E-state index contributed by atoms with van der Waals surface area (Å²) in [6.07, 6.45) is 3.13. The number of ketones is 1. The quantitative estimate of drug-likeness (QED) is 0.615. The second-order valence-electron chi connectivity index (χ2n) is 8.33. The van der Waals surface area contributed by atoms with Crippen molar-refractivity contribution < 1.29 is 14.7 Å². The van der Waals surface area contributed by atoms with Crippen molar-refractivity contribution >= 4 is 17.5 Å². The summed E-state index contributed by atoms with van der Waals surface area (Å²) in [6, 6.07) is 11.6. The van der Waals surface area contributed by atoms with E-state index in [0.29, 0.717) is 37.3 Å². The molecule has 2 amide bonds. The molecule has 3 aromatic rings. The summed E-state index contributed by atoms with van der Waals surface area (Å²) in [7, 11) is 0. The molecule has 8 heteroatoms. The average molecular weight is 422 g/mol. The minimum absolute atomic E-state index is 0.0649. The number of amides is 2. The number of nitrogens with zero attached hydrogens (tertiary/aromatic N) is 4. The molecule has 3 heterocycles. The molecule has 1 aliphatic rings. The molecule has 162 valence electrons. The number of aromatic hydroxyl groups is 1. The first-order valence-electron chi connectivity index (χ1n) is 10.6. The number of hydrogen-bond donors (Lipinski definition) is 2. The van der Waals surface area contributed by atoms with E-state index < -0.39 is 0 Å². The van der Waals surface area contributed by atoms with Crippen molar-refractivity contribution in [3.8, 4) is 5.75 Å². The van der Waals surface area contributed by atoms with Gasteiger partial charge in [-0.2, -0.15) is 0 Å². The Bertz CT molecular complexity index is 1070. The monoisotopic (exact) mass is 421 g/mol. The molecule has 1 aliphatic heterocycles. The van der Waals surface area contributed by atoms with Crippen LogP contribution < -0.4 is 5.32 Å². The molecule has 2 N–H and O–H groups in total. The summed E-state index contributed by atoms with van der Waals surface area (Å²) in [5.41, 5.74) is 1.34. The van der Waals surface area contributed by atoms with Crippen LogP contribution in [0.15, 0.2) is 48.7 Å². The van der Waals surface area contributed by atoms with Crippen LogP contribution >= 0.6 is 0 Å². The number of benzene rings is 1. The Morgan fingerprint density at radius 2 is 1.77 bits per heavy atom. The topological polar surface area (TPSA) is 99.8 Å². The first kappa shape index (κ1) is 20.8. The molecule has 0 spiro atoms. The number of carbonyl (C=O) groups excluding carboxylic acids is 2. The van der Waals surface area contributed by atoms with Gasteiger partial charge in [0.05, 0.1) is 6.04 Å². The van der Waals surface area contributed by atoms with Crippen LogP contribution in [0.4, 0.5) is 4.79 Å². The number of Topliss-reactive ketones (excluding diaryl/α,β-unsaturated/α-hetero) is 1. The van der Waals surface area contributed by atoms with Crippen LogP contribution in [-0.4, -0.2) is 49.5 Å². The Morgan fingerprint density at radius 3 is 2.45 bits per heavy atom. The molecule has 1 aromatic carbocycles. The number of fused-ring (bicyclic) bond motifs is 1. The lowest BCUT2D eigenvalue weighted by Gasteiger charge is -2.33. The highest BCUT2D eigenvalue weighted by Gasteiger charge is 2.30. The second-order valence-corrected chi connectivity index (χ2v) is 8.33. The van der Waals surface area contributed by atoms with E-state index in [1.807, 2.05) is 42.6 Å². The van der Waals surface area contributed by atoms with Gasteiger partial charge in [-0.15, -0.1) is 10.2 Å². The number of phenols is 1. The van der Waals surface area contributed by atoms with E-state index in [4.69, 9.17) is 0 Å².